The maximum absolute atomic E-state index is 11.2. The quantitative estimate of drug-likeness (QED) is 0.154. The van der Waals surface area contributed by atoms with E-state index in [1.165, 1.54) is 6.08 Å². The molecule has 5 N–H and O–H groups in total. The van der Waals surface area contributed by atoms with Crippen LogP contribution in [0.25, 0.3) is 6.08 Å². The van der Waals surface area contributed by atoms with E-state index in [1.54, 1.807) is 11.6 Å². The Morgan fingerprint density at radius 1 is 1.00 bits per heavy atom. The van der Waals surface area contributed by atoms with Gasteiger partial charge in [0.1, 0.15) is 0 Å². The summed E-state index contributed by atoms with van der Waals surface area (Å²) in [6.07, 6.45) is 4.38. The van der Waals surface area contributed by atoms with Crippen LogP contribution in [-0.4, -0.2) is 42.5 Å². The average molecular weight is 399 g/mol. The summed E-state index contributed by atoms with van der Waals surface area (Å²) in [5, 5.41) is 24.2. The number of amides is 1. The van der Waals surface area contributed by atoms with Crippen molar-refractivity contribution in [3.05, 3.63) is 65.7 Å². The third-order valence-electron chi connectivity index (χ3n) is 4.12. The zero-order chi connectivity index (χ0) is 20.7. The maximum atomic E-state index is 11.2. The fourth-order valence-corrected chi connectivity index (χ4v) is 2.64. The van der Waals surface area contributed by atoms with E-state index in [9.17, 15) is 4.79 Å². The van der Waals surface area contributed by atoms with Crippen LogP contribution in [0, 0.1) is 0 Å². The smallest absolute Gasteiger partial charge is 0.267 e. The number of aliphatic hydroxyl groups is 1. The van der Waals surface area contributed by atoms with E-state index < -0.39 is 5.91 Å². The second-order valence-electron chi connectivity index (χ2n) is 6.44. The fraction of sp³-hybridized carbons (Fsp3) is 0.318. The predicted molar refractivity (Wildman–Crippen MR) is 115 cm³/mol. The molecule has 0 saturated carbocycles. The number of anilines is 2. The topological polar surface area (TPSA) is 103 Å². The minimum absolute atomic E-state index is 0.131. The lowest BCUT2D eigenvalue weighted by molar-refractivity contribution is -0.124. The van der Waals surface area contributed by atoms with Crippen LogP contribution in [0.5, 0.6) is 0 Å². The number of ether oxygens (including phenoxy) is 1. The molecule has 0 aromatic heterocycles. The molecule has 7 nitrogen and oxygen atoms in total. The molecule has 1 amide bonds. The number of benzene rings is 2. The normalized spacial score (nSPS) is 10.8. The Morgan fingerprint density at radius 2 is 1.76 bits per heavy atom. The second-order valence-corrected chi connectivity index (χ2v) is 6.44. The van der Waals surface area contributed by atoms with Gasteiger partial charge in [0.2, 0.25) is 0 Å². The monoisotopic (exact) mass is 399 g/mol. The zero-order valence-corrected chi connectivity index (χ0v) is 16.4. The Bertz CT molecular complexity index is 766. The molecule has 0 heterocycles. The molecule has 0 fully saturated rings. The van der Waals surface area contributed by atoms with Crippen LogP contribution in [0.4, 0.5) is 11.4 Å². The molecule has 0 aliphatic heterocycles. The third-order valence-corrected chi connectivity index (χ3v) is 4.12. The predicted octanol–water partition coefficient (Wildman–Crippen LogP) is 3.02. The Labute approximate surface area is 171 Å². The van der Waals surface area contributed by atoms with E-state index in [4.69, 9.17) is 15.1 Å². The van der Waals surface area contributed by atoms with Crippen LogP contribution in [0.1, 0.15) is 24.0 Å². The molecule has 0 bridgehead atoms. The molecule has 0 aliphatic carbocycles. The van der Waals surface area contributed by atoms with Gasteiger partial charge >= 0.3 is 0 Å². The number of rotatable bonds is 13. The SMILES string of the molecule is O=C(/C=C/c1ccc(NCCCO)c(NCCCOCc2ccccc2)c1)NO. The van der Waals surface area contributed by atoms with E-state index in [-0.39, 0.29) is 6.61 Å². The number of hydrogen-bond acceptors (Lipinski definition) is 6. The first-order valence-corrected chi connectivity index (χ1v) is 9.69. The van der Waals surface area contributed by atoms with Crippen molar-refractivity contribution in [3.63, 3.8) is 0 Å². The van der Waals surface area contributed by atoms with Crippen molar-refractivity contribution in [3.8, 4) is 0 Å². The molecule has 0 unspecified atom stereocenters. The summed E-state index contributed by atoms with van der Waals surface area (Å²) in [7, 11) is 0. The summed E-state index contributed by atoms with van der Waals surface area (Å²) in [6.45, 7) is 2.76. The van der Waals surface area contributed by atoms with E-state index in [2.05, 4.69) is 10.6 Å². The molecule has 0 saturated heterocycles. The van der Waals surface area contributed by atoms with Crippen molar-refractivity contribution < 1.29 is 19.8 Å². The summed E-state index contributed by atoms with van der Waals surface area (Å²) >= 11 is 0. The van der Waals surface area contributed by atoms with Crippen LogP contribution < -0.4 is 16.1 Å². The summed E-state index contributed by atoms with van der Waals surface area (Å²) in [6, 6.07) is 15.8. The van der Waals surface area contributed by atoms with Gasteiger partial charge in [0.25, 0.3) is 5.91 Å². The van der Waals surface area contributed by atoms with Gasteiger partial charge in [0, 0.05) is 32.4 Å². The van der Waals surface area contributed by atoms with Crippen molar-refractivity contribution >= 4 is 23.4 Å². The largest absolute Gasteiger partial charge is 0.396 e. The van der Waals surface area contributed by atoms with Gasteiger partial charge in [-0.05, 0) is 42.2 Å². The number of nitrogens with one attached hydrogen (secondary N) is 3. The minimum atomic E-state index is -0.583. The number of hydroxylamine groups is 1. The summed E-state index contributed by atoms with van der Waals surface area (Å²) in [5.74, 6) is -0.583. The third kappa shape index (κ3) is 8.78. The van der Waals surface area contributed by atoms with Gasteiger partial charge < -0.3 is 20.5 Å². The van der Waals surface area contributed by atoms with Crippen molar-refractivity contribution in [2.24, 2.45) is 0 Å². The molecular weight excluding hydrogens is 370 g/mol. The second kappa shape index (κ2) is 13.3. The lowest BCUT2D eigenvalue weighted by Crippen LogP contribution is -2.14. The van der Waals surface area contributed by atoms with Crippen molar-refractivity contribution in [1.82, 2.24) is 5.48 Å². The first-order valence-electron chi connectivity index (χ1n) is 9.69. The lowest BCUT2D eigenvalue weighted by atomic mass is 10.1. The highest BCUT2D eigenvalue weighted by atomic mass is 16.5. The highest BCUT2D eigenvalue weighted by molar-refractivity contribution is 5.91. The highest BCUT2D eigenvalue weighted by Gasteiger charge is 2.03. The molecule has 0 atom stereocenters. The Kier molecular flexibility index (Phi) is 10.3. The van der Waals surface area contributed by atoms with E-state index in [0.717, 1.165) is 35.5 Å². The standard InChI is InChI=1S/C22H29N3O4/c26-14-4-12-23-20-10-8-18(9-11-22(27)25-28)16-21(20)24-13-5-15-29-17-19-6-2-1-3-7-19/h1-3,6-11,16,23-24,26,28H,4-5,12-15,17H2,(H,25,27)/b11-9+. The molecule has 2 aromatic carbocycles. The molecule has 2 rings (SSSR count). The number of hydrogen-bond donors (Lipinski definition) is 5. The molecule has 0 aliphatic rings. The number of carbonyl (C=O) groups excluding carboxylic acids is 1. The summed E-state index contributed by atoms with van der Waals surface area (Å²) in [4.78, 5) is 11.2. The van der Waals surface area contributed by atoms with E-state index in [1.807, 2.05) is 48.5 Å². The van der Waals surface area contributed by atoms with Crippen molar-refractivity contribution in [2.75, 3.05) is 36.9 Å². The first-order chi connectivity index (χ1) is 14.2. The molecular formula is C22H29N3O4. The number of carbonyl (C=O) groups is 1. The molecule has 7 heteroatoms. The maximum Gasteiger partial charge on any atom is 0.267 e. The Hall–Kier alpha value is -2.87. The molecule has 29 heavy (non-hydrogen) atoms. The van der Waals surface area contributed by atoms with Gasteiger partial charge in [-0.1, -0.05) is 36.4 Å². The number of aliphatic hydroxyl groups excluding tert-OH is 1. The van der Waals surface area contributed by atoms with Crippen molar-refractivity contribution in [2.45, 2.75) is 19.4 Å². The Morgan fingerprint density at radius 3 is 2.52 bits per heavy atom. The molecule has 0 radical (unpaired) electrons. The van der Waals surface area contributed by atoms with Crippen LogP contribution in [0.3, 0.4) is 0 Å². The van der Waals surface area contributed by atoms with Gasteiger partial charge in [-0.2, -0.15) is 0 Å². The lowest BCUT2D eigenvalue weighted by Gasteiger charge is -2.15. The molecule has 0 spiro atoms. The van der Waals surface area contributed by atoms with E-state index in [0.29, 0.717) is 26.2 Å². The van der Waals surface area contributed by atoms with Crippen LogP contribution in [0.2, 0.25) is 0 Å². The van der Waals surface area contributed by atoms with Gasteiger partial charge in [0.05, 0.1) is 18.0 Å². The summed E-state index contributed by atoms with van der Waals surface area (Å²) < 4.78 is 5.71. The van der Waals surface area contributed by atoms with Crippen molar-refractivity contribution in [1.29, 1.82) is 0 Å². The van der Waals surface area contributed by atoms with Gasteiger partial charge in [-0.3, -0.25) is 10.0 Å². The van der Waals surface area contributed by atoms with Gasteiger partial charge in [-0.15, -0.1) is 0 Å². The van der Waals surface area contributed by atoms with E-state index >= 15 is 0 Å². The van der Waals surface area contributed by atoms with Crippen LogP contribution in [0.15, 0.2) is 54.6 Å². The average Bonchev–Trinajstić information content (AvgIpc) is 2.76. The first kappa shape index (κ1) is 22.4. The van der Waals surface area contributed by atoms with Crippen LogP contribution >= 0.6 is 0 Å². The van der Waals surface area contributed by atoms with Crippen LogP contribution in [-0.2, 0) is 16.1 Å². The minimum Gasteiger partial charge on any atom is -0.396 e. The highest BCUT2D eigenvalue weighted by Crippen LogP contribution is 2.24. The van der Waals surface area contributed by atoms with Gasteiger partial charge in [0.15, 0.2) is 0 Å². The Balaban J connectivity index is 1.86. The fourth-order valence-electron chi connectivity index (χ4n) is 2.64. The zero-order valence-electron chi connectivity index (χ0n) is 16.4. The summed E-state index contributed by atoms with van der Waals surface area (Å²) in [5.41, 5.74) is 5.37. The molecule has 2 aromatic rings. The van der Waals surface area contributed by atoms with Gasteiger partial charge in [-0.25, -0.2) is 5.48 Å². The molecule has 156 valence electrons.